The molecule has 0 aliphatic carbocycles. The van der Waals surface area contributed by atoms with Gasteiger partial charge in [-0.15, -0.1) is 0 Å². The van der Waals surface area contributed by atoms with Gasteiger partial charge in [-0.3, -0.25) is 0 Å². The zero-order chi connectivity index (χ0) is 18.2. The van der Waals surface area contributed by atoms with Gasteiger partial charge in [-0.25, -0.2) is 0 Å². The second-order valence-electron chi connectivity index (χ2n) is 6.89. The van der Waals surface area contributed by atoms with E-state index in [2.05, 4.69) is 65.5 Å². The van der Waals surface area contributed by atoms with Gasteiger partial charge < -0.3 is 15.4 Å². The molecule has 1 heterocycles. The van der Waals surface area contributed by atoms with Gasteiger partial charge in [0.2, 0.25) is 0 Å². The number of thiocarbonyl (C=S) groups is 1. The van der Waals surface area contributed by atoms with Crippen LogP contribution in [0.15, 0.2) is 40.9 Å². The fourth-order valence-corrected chi connectivity index (χ4v) is 3.67. The van der Waals surface area contributed by atoms with E-state index in [1.165, 1.54) is 5.56 Å². The first-order valence-corrected chi connectivity index (χ1v) is 9.63. The van der Waals surface area contributed by atoms with Crippen LogP contribution in [0.25, 0.3) is 0 Å². The molecule has 0 spiro atoms. The number of ether oxygens (including phenoxy) is 1. The summed E-state index contributed by atoms with van der Waals surface area (Å²) in [4.78, 5) is 0. The number of benzene rings is 2. The van der Waals surface area contributed by atoms with Gasteiger partial charge in [-0.2, -0.15) is 0 Å². The maximum atomic E-state index is 6.14. The Bertz CT molecular complexity index is 825. The Labute approximate surface area is 167 Å². The highest BCUT2D eigenvalue weighted by Crippen LogP contribution is 2.40. The van der Waals surface area contributed by atoms with Crippen molar-refractivity contribution in [2.24, 2.45) is 0 Å². The van der Waals surface area contributed by atoms with Crippen LogP contribution < -0.4 is 15.4 Å². The quantitative estimate of drug-likeness (QED) is 0.562. The SMILES string of the molecule is Cc1ccc2c(c1)OC(C)(C)C[C@H]2NC(=S)Nc1ccc(Br)c(Cl)c1. The lowest BCUT2D eigenvalue weighted by Gasteiger charge is -2.38. The first-order chi connectivity index (χ1) is 11.7. The van der Waals surface area contributed by atoms with Crippen LogP contribution in [-0.2, 0) is 0 Å². The summed E-state index contributed by atoms with van der Waals surface area (Å²) in [5.74, 6) is 0.920. The molecular weight excluding hydrogens is 420 g/mol. The molecule has 0 amide bonds. The van der Waals surface area contributed by atoms with Crippen molar-refractivity contribution in [1.29, 1.82) is 0 Å². The van der Waals surface area contributed by atoms with Crippen LogP contribution in [0, 0.1) is 6.92 Å². The number of aryl methyl sites for hydroxylation is 1. The van der Waals surface area contributed by atoms with Crippen LogP contribution in [0.1, 0.15) is 37.4 Å². The molecule has 25 heavy (non-hydrogen) atoms. The summed E-state index contributed by atoms with van der Waals surface area (Å²) in [6.45, 7) is 6.26. The maximum absolute atomic E-state index is 6.14. The van der Waals surface area contributed by atoms with Gasteiger partial charge in [0.1, 0.15) is 11.4 Å². The number of hydrogen-bond donors (Lipinski definition) is 2. The minimum absolute atomic E-state index is 0.0882. The minimum atomic E-state index is -0.255. The smallest absolute Gasteiger partial charge is 0.171 e. The molecule has 0 unspecified atom stereocenters. The second-order valence-corrected chi connectivity index (χ2v) is 8.56. The van der Waals surface area contributed by atoms with E-state index in [4.69, 9.17) is 28.6 Å². The number of rotatable bonds is 2. The lowest BCUT2D eigenvalue weighted by Crippen LogP contribution is -2.42. The van der Waals surface area contributed by atoms with Crippen molar-refractivity contribution < 1.29 is 4.74 Å². The zero-order valence-corrected chi connectivity index (χ0v) is 17.5. The van der Waals surface area contributed by atoms with Gasteiger partial charge in [0, 0.05) is 22.1 Å². The lowest BCUT2D eigenvalue weighted by atomic mass is 9.89. The summed E-state index contributed by atoms with van der Waals surface area (Å²) in [6.07, 6.45) is 0.825. The van der Waals surface area contributed by atoms with E-state index in [1.54, 1.807) is 0 Å². The highest BCUT2D eigenvalue weighted by Gasteiger charge is 2.34. The van der Waals surface area contributed by atoms with E-state index in [9.17, 15) is 0 Å². The fraction of sp³-hybridized carbons (Fsp3) is 0.316. The van der Waals surface area contributed by atoms with Gasteiger partial charge in [0.05, 0.1) is 11.1 Å². The zero-order valence-electron chi connectivity index (χ0n) is 14.3. The molecule has 6 heteroatoms. The Morgan fingerprint density at radius 3 is 2.76 bits per heavy atom. The van der Waals surface area contributed by atoms with Crippen molar-refractivity contribution in [2.45, 2.75) is 38.8 Å². The number of hydrogen-bond acceptors (Lipinski definition) is 2. The molecular formula is C19H20BrClN2OS. The average molecular weight is 440 g/mol. The van der Waals surface area contributed by atoms with Crippen molar-refractivity contribution in [1.82, 2.24) is 5.32 Å². The second kappa shape index (κ2) is 7.14. The van der Waals surface area contributed by atoms with E-state index >= 15 is 0 Å². The molecule has 1 aliphatic heterocycles. The Kier molecular flexibility index (Phi) is 5.28. The number of fused-ring (bicyclic) bond motifs is 1. The van der Waals surface area contributed by atoms with Gasteiger partial charge in [-0.1, -0.05) is 23.7 Å². The van der Waals surface area contributed by atoms with Crippen molar-refractivity contribution in [3.05, 3.63) is 57.0 Å². The van der Waals surface area contributed by atoms with Crippen LogP contribution in [-0.4, -0.2) is 10.7 Å². The highest BCUT2D eigenvalue weighted by atomic mass is 79.9. The molecule has 2 aromatic rings. The van der Waals surface area contributed by atoms with E-state index in [1.807, 2.05) is 18.2 Å². The third-order valence-electron chi connectivity index (χ3n) is 4.11. The van der Waals surface area contributed by atoms with Crippen molar-refractivity contribution in [3.63, 3.8) is 0 Å². The normalized spacial score (nSPS) is 18.0. The van der Waals surface area contributed by atoms with E-state index in [0.29, 0.717) is 10.1 Å². The average Bonchev–Trinajstić information content (AvgIpc) is 2.49. The number of halogens is 2. The molecule has 3 nitrogen and oxygen atoms in total. The van der Waals surface area contributed by atoms with Crippen LogP contribution in [0.2, 0.25) is 5.02 Å². The molecule has 0 bridgehead atoms. The van der Waals surface area contributed by atoms with Gasteiger partial charge in [-0.05, 0) is 78.7 Å². The standard InChI is InChI=1S/C19H20BrClN2OS/c1-11-4-6-13-16(10-19(2,3)24-17(13)8-11)23-18(25)22-12-5-7-14(20)15(21)9-12/h4-9,16H,10H2,1-3H3,(H2,22,23,25)/t16-/m1/s1. The monoisotopic (exact) mass is 438 g/mol. The first kappa shape index (κ1) is 18.5. The van der Waals surface area contributed by atoms with Crippen LogP contribution >= 0.6 is 39.7 Å². The summed E-state index contributed by atoms with van der Waals surface area (Å²) in [6, 6.07) is 12.0. The molecule has 0 fully saturated rings. The minimum Gasteiger partial charge on any atom is -0.487 e. The van der Waals surface area contributed by atoms with E-state index < -0.39 is 0 Å². The molecule has 0 aromatic heterocycles. The van der Waals surface area contributed by atoms with Crippen molar-refractivity contribution in [3.8, 4) is 5.75 Å². The Hall–Kier alpha value is -1.30. The summed E-state index contributed by atoms with van der Waals surface area (Å²) in [5, 5.41) is 7.82. The predicted octanol–water partition coefficient (Wildman–Crippen LogP) is 6.00. The van der Waals surface area contributed by atoms with E-state index in [-0.39, 0.29) is 11.6 Å². The fourth-order valence-electron chi connectivity index (χ4n) is 2.99. The third kappa shape index (κ3) is 4.46. The Balaban J connectivity index is 1.77. The molecule has 132 valence electrons. The van der Waals surface area contributed by atoms with Crippen molar-refractivity contribution in [2.75, 3.05) is 5.32 Å². The maximum Gasteiger partial charge on any atom is 0.171 e. The van der Waals surface area contributed by atoms with Gasteiger partial charge >= 0.3 is 0 Å². The lowest BCUT2D eigenvalue weighted by molar-refractivity contribution is 0.0696. The Morgan fingerprint density at radius 2 is 2.04 bits per heavy atom. The molecule has 2 aromatic carbocycles. The van der Waals surface area contributed by atoms with Crippen LogP contribution in [0.5, 0.6) is 5.75 Å². The van der Waals surface area contributed by atoms with Gasteiger partial charge in [0.25, 0.3) is 0 Å². The summed E-state index contributed by atoms with van der Waals surface area (Å²) in [5.41, 5.74) is 2.90. The number of anilines is 1. The van der Waals surface area contributed by atoms with E-state index in [0.717, 1.165) is 27.9 Å². The first-order valence-electron chi connectivity index (χ1n) is 8.06. The van der Waals surface area contributed by atoms with Gasteiger partial charge in [0.15, 0.2) is 5.11 Å². The highest BCUT2D eigenvalue weighted by molar-refractivity contribution is 9.10. The molecule has 0 saturated heterocycles. The van der Waals surface area contributed by atoms with Crippen LogP contribution in [0.3, 0.4) is 0 Å². The molecule has 1 aliphatic rings. The van der Waals surface area contributed by atoms with Crippen molar-refractivity contribution >= 4 is 50.5 Å². The third-order valence-corrected chi connectivity index (χ3v) is 5.56. The molecule has 1 atom stereocenters. The number of nitrogens with one attached hydrogen (secondary N) is 2. The molecule has 3 rings (SSSR count). The molecule has 0 saturated carbocycles. The summed E-state index contributed by atoms with van der Waals surface area (Å²) < 4.78 is 6.99. The molecule has 0 radical (unpaired) electrons. The Morgan fingerprint density at radius 1 is 1.28 bits per heavy atom. The summed E-state index contributed by atoms with van der Waals surface area (Å²) in [7, 11) is 0. The summed E-state index contributed by atoms with van der Waals surface area (Å²) >= 11 is 15.0. The molecule has 2 N–H and O–H groups in total. The predicted molar refractivity (Wildman–Crippen MR) is 112 cm³/mol. The largest absolute Gasteiger partial charge is 0.487 e. The van der Waals surface area contributed by atoms with Crippen LogP contribution in [0.4, 0.5) is 5.69 Å². The topological polar surface area (TPSA) is 33.3 Å².